The van der Waals surface area contributed by atoms with Crippen molar-refractivity contribution in [2.45, 2.75) is 39.5 Å². The largest absolute Gasteiger partial charge is 0.857 e. The molecule has 2 N–H and O–H groups in total. The summed E-state index contributed by atoms with van der Waals surface area (Å²) in [5.74, 6) is 3.65. The standard InChI is InChI=1S/C14H29ClN4O4.C10H21ClN2O3.C2H8N2/c1-6-22-23-10-8-7-9-18(2,3)17-14(21)12-19(4,5)16-13(20)11-15;1-4-15-16-8-6-5-7-13(2,3)12-10(14)9-11;1-4(2)3/h6-12H2,1-5H3;4-9H2,1-3H3;3H2,1-2H3. The molecular formula is C26H58Cl2N8O7. The Hall–Kier alpha value is -1.37. The first kappa shape index (κ1) is 46.1. The number of nitrogens with two attached hydrogens (primary N) is 1. The summed E-state index contributed by atoms with van der Waals surface area (Å²) in [6.07, 6.45) is 3.47. The number of hydrogen-bond donors (Lipinski definition) is 1. The van der Waals surface area contributed by atoms with Crippen molar-refractivity contribution in [2.24, 2.45) is 21.1 Å². The van der Waals surface area contributed by atoms with Crippen molar-refractivity contribution in [3.63, 3.8) is 0 Å². The number of unbranched alkanes of at least 4 members (excludes halogenated alkanes) is 2. The lowest BCUT2D eigenvalue weighted by atomic mass is 10.3. The van der Waals surface area contributed by atoms with E-state index in [4.69, 9.17) is 48.6 Å². The molecule has 15 nitrogen and oxygen atoms in total. The van der Waals surface area contributed by atoms with Crippen molar-refractivity contribution >= 4 is 40.9 Å². The maximum atomic E-state index is 12.1. The van der Waals surface area contributed by atoms with E-state index in [-0.39, 0.29) is 39.3 Å². The first-order valence-corrected chi connectivity index (χ1v) is 15.2. The first-order valence-electron chi connectivity index (χ1n) is 14.2. The van der Waals surface area contributed by atoms with E-state index in [0.29, 0.717) is 37.6 Å². The van der Waals surface area contributed by atoms with Crippen LogP contribution in [0, 0.1) is 0 Å². The second kappa shape index (κ2) is 27.0. The first-order chi connectivity index (χ1) is 19.9. The van der Waals surface area contributed by atoms with Crippen molar-refractivity contribution in [3.05, 3.63) is 0 Å². The van der Waals surface area contributed by atoms with Gasteiger partial charge in [0, 0.05) is 38.7 Å². The quantitative estimate of drug-likeness (QED) is 0.0251. The average molecular weight is 666 g/mol. The Bertz CT molecular complexity index is 769. The van der Waals surface area contributed by atoms with E-state index in [9.17, 15) is 15.3 Å². The molecular weight excluding hydrogens is 607 g/mol. The molecule has 0 heterocycles. The highest BCUT2D eigenvalue weighted by molar-refractivity contribution is 6.26. The van der Waals surface area contributed by atoms with Gasteiger partial charge >= 0.3 is 0 Å². The zero-order valence-electron chi connectivity index (χ0n) is 28.0. The number of nitrogens with zero attached hydrogens (tertiary/aromatic N) is 7. The van der Waals surface area contributed by atoms with Gasteiger partial charge < -0.3 is 15.3 Å². The molecule has 0 aromatic rings. The Morgan fingerprint density at radius 2 is 0.953 bits per heavy atom. The van der Waals surface area contributed by atoms with Crippen LogP contribution in [0.1, 0.15) is 39.5 Å². The van der Waals surface area contributed by atoms with Gasteiger partial charge in [0.1, 0.15) is 19.6 Å². The number of rotatable bonds is 21. The van der Waals surface area contributed by atoms with Gasteiger partial charge in [-0.2, -0.15) is 4.59 Å². The maximum absolute atomic E-state index is 12.1. The predicted octanol–water partition coefficient (Wildman–Crippen LogP) is -0.381. The third kappa shape index (κ3) is 36.7. The summed E-state index contributed by atoms with van der Waals surface area (Å²) in [7, 11) is 14.3. The lowest BCUT2D eigenvalue weighted by molar-refractivity contribution is -0.905. The fourth-order valence-corrected chi connectivity index (χ4v) is 3.17. The molecule has 17 heteroatoms. The average Bonchev–Trinajstić information content (AvgIpc) is 2.86. The summed E-state index contributed by atoms with van der Waals surface area (Å²) >= 11 is 10.8. The van der Waals surface area contributed by atoms with Gasteiger partial charge in [0.15, 0.2) is 0 Å². The molecule has 43 heavy (non-hydrogen) atoms. The lowest BCUT2D eigenvalue weighted by Gasteiger charge is -2.29. The van der Waals surface area contributed by atoms with Gasteiger partial charge in [-0.15, -0.1) is 33.4 Å². The number of likely N-dealkylation sites (N-methyl/N-ethyl adjacent to an activating group) is 1. The molecule has 0 aliphatic heterocycles. The van der Waals surface area contributed by atoms with Gasteiger partial charge in [0.2, 0.25) is 0 Å². The van der Waals surface area contributed by atoms with E-state index < -0.39 is 5.90 Å². The van der Waals surface area contributed by atoms with Crippen molar-refractivity contribution < 1.29 is 48.6 Å². The van der Waals surface area contributed by atoms with Gasteiger partial charge in [0.05, 0.1) is 86.4 Å². The number of alkyl halides is 2. The van der Waals surface area contributed by atoms with Crippen LogP contribution in [0.15, 0.2) is 15.3 Å². The van der Waals surface area contributed by atoms with Gasteiger partial charge in [-0.25, -0.2) is 28.7 Å². The summed E-state index contributed by atoms with van der Waals surface area (Å²) < 4.78 is 0.410. The molecule has 0 aliphatic rings. The van der Waals surface area contributed by atoms with E-state index in [1.54, 1.807) is 28.2 Å². The normalized spacial score (nSPS) is 13.4. The highest BCUT2D eigenvalue weighted by Crippen LogP contribution is 2.06. The zero-order chi connectivity index (χ0) is 34.0. The third-order valence-corrected chi connectivity index (χ3v) is 5.12. The monoisotopic (exact) mass is 664 g/mol. The Labute approximate surface area is 269 Å². The molecule has 258 valence electrons. The molecule has 0 fully saturated rings. The molecule has 0 aliphatic carbocycles. The van der Waals surface area contributed by atoms with Crippen LogP contribution >= 0.6 is 23.2 Å². The maximum Gasteiger partial charge on any atom is 0.137 e. The molecule has 0 bridgehead atoms. The lowest BCUT2D eigenvalue weighted by Crippen LogP contribution is -2.47. The second-order valence-electron chi connectivity index (χ2n) is 11.1. The minimum absolute atomic E-state index is 0.0117. The molecule has 0 spiro atoms. The SMILES string of the molecule is CCOOCCCC[N+](C)(C)N=C([O-])CCl.CCOOCCCC[N+](C)(C)N=C([O-])C[N+](C)(C)N=C([O-])CCl.CN(C)N. The fourth-order valence-electron chi connectivity index (χ4n) is 3.06. The van der Waals surface area contributed by atoms with Crippen LogP contribution in [-0.2, 0) is 19.6 Å². The highest BCUT2D eigenvalue weighted by Gasteiger charge is 2.18. The summed E-state index contributed by atoms with van der Waals surface area (Å²) in [6, 6.07) is 0. The van der Waals surface area contributed by atoms with Crippen molar-refractivity contribution in [3.8, 4) is 0 Å². The predicted molar refractivity (Wildman–Crippen MR) is 166 cm³/mol. The molecule has 0 amide bonds. The Morgan fingerprint density at radius 1 is 0.628 bits per heavy atom. The van der Waals surface area contributed by atoms with Crippen molar-refractivity contribution in [1.82, 2.24) is 5.01 Å². The molecule has 0 radical (unpaired) electrons. The Kier molecular flexibility index (Phi) is 28.9. The smallest absolute Gasteiger partial charge is 0.137 e. The molecule has 0 rings (SSSR count). The van der Waals surface area contributed by atoms with Crippen LogP contribution in [0.25, 0.3) is 0 Å². The van der Waals surface area contributed by atoms with Gasteiger partial charge in [-0.3, -0.25) is 10.9 Å². The number of halogens is 2. The van der Waals surface area contributed by atoms with E-state index in [2.05, 4.69) is 15.3 Å². The van der Waals surface area contributed by atoms with E-state index in [1.807, 2.05) is 42.0 Å². The number of quaternary nitrogens is 3. The summed E-state index contributed by atoms with van der Waals surface area (Å²) in [4.78, 5) is 19.3. The van der Waals surface area contributed by atoms with Crippen LogP contribution in [0.5, 0.6) is 0 Å². The number of hydrogen-bond acceptors (Lipinski definition) is 12. The molecule has 0 saturated carbocycles. The molecule has 0 aromatic heterocycles. The minimum atomic E-state index is -0.451. The van der Waals surface area contributed by atoms with Gasteiger partial charge in [-0.05, 0) is 26.7 Å². The van der Waals surface area contributed by atoms with E-state index in [1.165, 1.54) is 5.01 Å². The molecule has 0 unspecified atom stereocenters. The van der Waals surface area contributed by atoms with Crippen molar-refractivity contribution in [1.29, 1.82) is 0 Å². The van der Waals surface area contributed by atoms with Crippen molar-refractivity contribution in [2.75, 3.05) is 114 Å². The van der Waals surface area contributed by atoms with Crippen LogP contribution < -0.4 is 21.2 Å². The minimum Gasteiger partial charge on any atom is -0.857 e. The number of hydrazine groups is 1. The van der Waals surface area contributed by atoms with Crippen LogP contribution in [0.3, 0.4) is 0 Å². The molecule has 0 saturated heterocycles. The highest BCUT2D eigenvalue weighted by atomic mass is 35.5. The van der Waals surface area contributed by atoms with E-state index in [0.717, 1.165) is 32.2 Å². The van der Waals surface area contributed by atoms with Crippen LogP contribution in [0.4, 0.5) is 0 Å². The molecule has 0 atom stereocenters. The summed E-state index contributed by atoms with van der Waals surface area (Å²) in [6.45, 7) is 7.39. The molecule has 0 aromatic carbocycles. The Balaban J connectivity index is -0.000000693. The Morgan fingerprint density at radius 3 is 1.28 bits per heavy atom. The van der Waals surface area contributed by atoms with Gasteiger partial charge in [0.25, 0.3) is 0 Å². The zero-order valence-corrected chi connectivity index (χ0v) is 29.5. The topological polar surface area (TPSA) is 172 Å². The summed E-state index contributed by atoms with van der Waals surface area (Å²) in [5, 5.41) is 47.8. The second-order valence-corrected chi connectivity index (χ2v) is 11.6. The fraction of sp³-hybridized carbons (Fsp3) is 0.885. The van der Waals surface area contributed by atoms with Gasteiger partial charge in [-0.1, -0.05) is 5.10 Å². The third-order valence-electron chi connectivity index (χ3n) is 4.67. The van der Waals surface area contributed by atoms with E-state index >= 15 is 0 Å². The summed E-state index contributed by atoms with van der Waals surface area (Å²) in [5.41, 5.74) is 0. The van der Waals surface area contributed by atoms with Crippen LogP contribution in [-0.4, -0.2) is 151 Å². The van der Waals surface area contributed by atoms with Crippen LogP contribution in [0.2, 0.25) is 0 Å².